The molecule has 0 bridgehead atoms. The molecule has 1 saturated heterocycles. The Balaban J connectivity index is 1.55. The topological polar surface area (TPSA) is 6.48 Å². The van der Waals surface area contributed by atoms with Gasteiger partial charge in [-0.1, -0.05) is 54.6 Å². The van der Waals surface area contributed by atoms with Crippen molar-refractivity contribution in [2.75, 3.05) is 39.8 Å². The highest BCUT2D eigenvalue weighted by Crippen LogP contribution is 2.19. The second-order valence-corrected chi connectivity index (χ2v) is 6.31. The van der Waals surface area contributed by atoms with Crippen molar-refractivity contribution in [3.63, 3.8) is 0 Å². The van der Waals surface area contributed by atoms with E-state index in [9.17, 15) is 0 Å². The molecule has 0 atom stereocenters. The van der Waals surface area contributed by atoms with Gasteiger partial charge in [-0.2, -0.15) is 0 Å². The van der Waals surface area contributed by atoms with Crippen LogP contribution in [0.5, 0.6) is 0 Å². The lowest BCUT2D eigenvalue weighted by Crippen LogP contribution is -2.30. The zero-order valence-corrected chi connectivity index (χ0v) is 13.5. The summed E-state index contributed by atoms with van der Waals surface area (Å²) in [5.41, 5.74) is 4.04. The van der Waals surface area contributed by atoms with E-state index in [1.165, 1.54) is 55.8 Å². The second kappa shape index (κ2) is 7.57. The van der Waals surface area contributed by atoms with Gasteiger partial charge in [-0.05, 0) is 49.7 Å². The maximum absolute atomic E-state index is 2.61. The minimum absolute atomic E-state index is 1.15. The van der Waals surface area contributed by atoms with Crippen LogP contribution in [0.15, 0.2) is 54.6 Å². The number of benzene rings is 2. The van der Waals surface area contributed by atoms with Crippen LogP contribution in [0.1, 0.15) is 12.0 Å². The standard InChI is InChI=1S/C20H26N2/c1-21-13-5-14-22(17-16-21)15-12-18-8-10-20(11-9-18)19-6-3-2-4-7-19/h2-4,6-11H,5,12-17H2,1H3. The highest BCUT2D eigenvalue weighted by atomic mass is 15.2. The van der Waals surface area contributed by atoms with E-state index >= 15 is 0 Å². The molecule has 0 aromatic heterocycles. The first-order valence-corrected chi connectivity index (χ1v) is 8.36. The van der Waals surface area contributed by atoms with E-state index in [1.54, 1.807) is 0 Å². The summed E-state index contributed by atoms with van der Waals surface area (Å²) in [5.74, 6) is 0. The molecule has 0 spiro atoms. The highest BCUT2D eigenvalue weighted by molar-refractivity contribution is 5.63. The number of nitrogens with zero attached hydrogens (tertiary/aromatic N) is 2. The summed E-state index contributed by atoms with van der Waals surface area (Å²) in [5, 5.41) is 0. The lowest BCUT2D eigenvalue weighted by Gasteiger charge is -2.20. The third-order valence-electron chi connectivity index (χ3n) is 4.59. The molecule has 0 aliphatic carbocycles. The fraction of sp³-hybridized carbons (Fsp3) is 0.400. The average molecular weight is 294 g/mol. The number of hydrogen-bond acceptors (Lipinski definition) is 2. The van der Waals surface area contributed by atoms with Crippen molar-refractivity contribution in [3.8, 4) is 11.1 Å². The lowest BCUT2D eigenvalue weighted by atomic mass is 10.0. The van der Waals surface area contributed by atoms with Gasteiger partial charge in [0.2, 0.25) is 0 Å². The fourth-order valence-corrected chi connectivity index (χ4v) is 3.11. The van der Waals surface area contributed by atoms with Crippen LogP contribution in [-0.2, 0) is 6.42 Å². The molecule has 2 heteroatoms. The molecule has 1 aliphatic heterocycles. The van der Waals surface area contributed by atoms with E-state index in [0.29, 0.717) is 0 Å². The van der Waals surface area contributed by atoms with E-state index < -0.39 is 0 Å². The first-order valence-electron chi connectivity index (χ1n) is 8.36. The quantitative estimate of drug-likeness (QED) is 0.851. The van der Waals surface area contributed by atoms with Crippen molar-refractivity contribution in [1.29, 1.82) is 0 Å². The van der Waals surface area contributed by atoms with Gasteiger partial charge in [0.05, 0.1) is 0 Å². The Kier molecular flexibility index (Phi) is 5.25. The zero-order chi connectivity index (χ0) is 15.2. The van der Waals surface area contributed by atoms with Gasteiger partial charge >= 0.3 is 0 Å². The molecule has 0 unspecified atom stereocenters. The Bertz CT molecular complexity index is 562. The Labute approximate surface area is 134 Å². The molecule has 0 N–H and O–H groups in total. The van der Waals surface area contributed by atoms with Crippen molar-refractivity contribution in [2.45, 2.75) is 12.8 Å². The van der Waals surface area contributed by atoms with Crippen LogP contribution >= 0.6 is 0 Å². The molecular formula is C20H26N2. The summed E-state index contributed by atoms with van der Waals surface area (Å²) in [4.78, 5) is 5.04. The first-order chi connectivity index (χ1) is 10.8. The minimum atomic E-state index is 1.15. The first kappa shape index (κ1) is 15.3. The Hall–Kier alpha value is -1.64. The molecule has 1 fully saturated rings. The minimum Gasteiger partial charge on any atom is -0.305 e. The van der Waals surface area contributed by atoms with Crippen LogP contribution in [0.4, 0.5) is 0 Å². The molecular weight excluding hydrogens is 268 g/mol. The van der Waals surface area contributed by atoms with Gasteiger partial charge in [0, 0.05) is 19.6 Å². The summed E-state index contributed by atoms with van der Waals surface area (Å²) < 4.78 is 0. The Morgan fingerprint density at radius 3 is 2.27 bits per heavy atom. The van der Waals surface area contributed by atoms with Crippen molar-refractivity contribution < 1.29 is 0 Å². The maximum Gasteiger partial charge on any atom is 0.0109 e. The summed E-state index contributed by atoms with van der Waals surface area (Å²) in [6.07, 6.45) is 2.45. The van der Waals surface area contributed by atoms with Crippen LogP contribution < -0.4 is 0 Å². The largest absolute Gasteiger partial charge is 0.305 e. The molecule has 0 saturated carbocycles. The fourth-order valence-electron chi connectivity index (χ4n) is 3.11. The molecule has 116 valence electrons. The monoisotopic (exact) mass is 294 g/mol. The normalized spacial score (nSPS) is 17.3. The highest BCUT2D eigenvalue weighted by Gasteiger charge is 2.11. The summed E-state index contributed by atoms with van der Waals surface area (Å²) >= 11 is 0. The van der Waals surface area contributed by atoms with Crippen molar-refractivity contribution in [2.24, 2.45) is 0 Å². The van der Waals surface area contributed by atoms with Crippen LogP contribution in [0.25, 0.3) is 11.1 Å². The van der Waals surface area contributed by atoms with Gasteiger partial charge in [0.1, 0.15) is 0 Å². The average Bonchev–Trinajstić information content (AvgIpc) is 2.79. The van der Waals surface area contributed by atoms with Crippen molar-refractivity contribution in [1.82, 2.24) is 9.80 Å². The number of hydrogen-bond donors (Lipinski definition) is 0. The van der Waals surface area contributed by atoms with Gasteiger partial charge in [0.15, 0.2) is 0 Å². The van der Waals surface area contributed by atoms with Crippen LogP contribution in [-0.4, -0.2) is 49.6 Å². The molecule has 22 heavy (non-hydrogen) atoms. The predicted molar refractivity (Wildman–Crippen MR) is 94.1 cm³/mol. The van der Waals surface area contributed by atoms with Gasteiger partial charge in [-0.15, -0.1) is 0 Å². The van der Waals surface area contributed by atoms with Gasteiger partial charge in [0.25, 0.3) is 0 Å². The van der Waals surface area contributed by atoms with Gasteiger partial charge < -0.3 is 9.80 Å². The molecule has 2 aromatic rings. The van der Waals surface area contributed by atoms with Gasteiger partial charge in [-0.3, -0.25) is 0 Å². The molecule has 2 nitrogen and oxygen atoms in total. The molecule has 0 radical (unpaired) electrons. The summed E-state index contributed by atoms with van der Waals surface area (Å²) in [6, 6.07) is 19.7. The van der Waals surface area contributed by atoms with E-state index in [0.717, 1.165) is 6.42 Å². The van der Waals surface area contributed by atoms with Crippen molar-refractivity contribution >= 4 is 0 Å². The van der Waals surface area contributed by atoms with E-state index in [1.807, 2.05) is 0 Å². The lowest BCUT2D eigenvalue weighted by molar-refractivity contribution is 0.279. The predicted octanol–water partition coefficient (Wildman–Crippen LogP) is 3.53. The third kappa shape index (κ3) is 4.19. The zero-order valence-electron chi connectivity index (χ0n) is 13.5. The third-order valence-corrected chi connectivity index (χ3v) is 4.59. The van der Waals surface area contributed by atoms with Gasteiger partial charge in [-0.25, -0.2) is 0 Å². The number of rotatable bonds is 4. The van der Waals surface area contributed by atoms with Crippen LogP contribution in [0.3, 0.4) is 0 Å². The van der Waals surface area contributed by atoms with E-state index in [2.05, 4.69) is 71.4 Å². The molecule has 0 amide bonds. The van der Waals surface area contributed by atoms with E-state index in [-0.39, 0.29) is 0 Å². The molecule has 2 aromatic carbocycles. The summed E-state index contributed by atoms with van der Waals surface area (Å²) in [7, 11) is 2.23. The maximum atomic E-state index is 2.61. The summed E-state index contributed by atoms with van der Waals surface area (Å²) in [6.45, 7) is 6.07. The molecule has 3 rings (SSSR count). The number of likely N-dealkylation sites (N-methyl/N-ethyl adjacent to an activating group) is 1. The second-order valence-electron chi connectivity index (χ2n) is 6.31. The van der Waals surface area contributed by atoms with E-state index in [4.69, 9.17) is 0 Å². The Morgan fingerprint density at radius 2 is 1.50 bits per heavy atom. The SMILES string of the molecule is CN1CCCN(CCc2ccc(-c3ccccc3)cc2)CC1. The van der Waals surface area contributed by atoms with Crippen LogP contribution in [0.2, 0.25) is 0 Å². The Morgan fingerprint density at radius 1 is 0.773 bits per heavy atom. The van der Waals surface area contributed by atoms with Crippen molar-refractivity contribution in [3.05, 3.63) is 60.2 Å². The molecule has 1 aliphatic rings. The molecule has 1 heterocycles. The smallest absolute Gasteiger partial charge is 0.0109 e. The van der Waals surface area contributed by atoms with Crippen LogP contribution in [0, 0.1) is 0 Å².